The number of aliphatic hydroxyl groups excluding tert-OH is 1. The second-order valence-corrected chi connectivity index (χ2v) is 14.3. The molecular weight excluding hydrogens is 706 g/mol. The van der Waals surface area contributed by atoms with Gasteiger partial charge in [0, 0.05) is 30.1 Å². The van der Waals surface area contributed by atoms with Crippen LogP contribution < -0.4 is 20.5 Å². The Bertz CT molecular complexity index is 2070. The van der Waals surface area contributed by atoms with E-state index in [1.165, 1.54) is 12.1 Å². The van der Waals surface area contributed by atoms with Crippen LogP contribution >= 0.6 is 0 Å². The third kappa shape index (κ3) is 9.69. The molecule has 0 saturated carbocycles. The minimum absolute atomic E-state index is 0. The highest BCUT2D eigenvalue weighted by Crippen LogP contribution is 2.39. The predicted octanol–water partition coefficient (Wildman–Crippen LogP) is 7.05. The van der Waals surface area contributed by atoms with Crippen molar-refractivity contribution in [3.63, 3.8) is 0 Å². The fraction of sp³-hybridized carbons (Fsp3) is 0.349. The monoisotopic (exact) mass is 756 g/mol. The van der Waals surface area contributed by atoms with Crippen LogP contribution in [0.4, 0.5) is 19.9 Å². The number of rotatable bonds is 15. The summed E-state index contributed by atoms with van der Waals surface area (Å²) in [7, 11) is 0. The molecule has 5 aromatic rings. The topological polar surface area (TPSA) is 138 Å². The number of aryl methyl sites for hydroxylation is 1. The minimum Gasteiger partial charge on any atom is -0.506 e. The fourth-order valence-corrected chi connectivity index (χ4v) is 7.95. The number of carboxylic acid groups (broad SMARTS) is 1. The summed E-state index contributed by atoms with van der Waals surface area (Å²) in [6.45, 7) is 4.50. The molecule has 4 heterocycles. The molecule has 0 spiro atoms. The molecule has 3 saturated heterocycles. The van der Waals surface area contributed by atoms with E-state index in [2.05, 4.69) is 57.7 Å². The Labute approximate surface area is 319 Å². The van der Waals surface area contributed by atoms with Gasteiger partial charge in [0.1, 0.15) is 11.5 Å². The molecule has 5 N–H and O–H groups in total. The summed E-state index contributed by atoms with van der Waals surface area (Å²) in [5.41, 5.74) is 5.69. The van der Waals surface area contributed by atoms with Gasteiger partial charge in [0.15, 0.2) is 0 Å². The number of fused-ring (bicyclic) bond motifs is 4. The van der Waals surface area contributed by atoms with Crippen LogP contribution in [0.3, 0.4) is 0 Å². The Hall–Kier alpha value is -5.30. The number of halogens is 2. The number of hydrogen-bond donors (Lipinski definition) is 5. The number of H-pyrrole nitrogens is 1. The number of unbranched alkanes of at least 4 members (excludes halogenated alkanes) is 1. The summed E-state index contributed by atoms with van der Waals surface area (Å²) >= 11 is 0. The fourth-order valence-electron chi connectivity index (χ4n) is 7.95. The van der Waals surface area contributed by atoms with Gasteiger partial charge in [-0.15, -0.1) is 0 Å². The van der Waals surface area contributed by atoms with E-state index in [9.17, 15) is 24.9 Å². The third-order valence-corrected chi connectivity index (χ3v) is 10.8. The van der Waals surface area contributed by atoms with Gasteiger partial charge in [-0.2, -0.15) is 0 Å². The quantitative estimate of drug-likeness (QED) is 0.0717. The van der Waals surface area contributed by atoms with Gasteiger partial charge in [0.05, 0.1) is 30.0 Å². The van der Waals surface area contributed by atoms with Crippen LogP contribution in [0.2, 0.25) is 0 Å². The number of aliphatic hydroxyl groups is 1. The molecule has 55 heavy (non-hydrogen) atoms. The number of anilines is 1. The van der Waals surface area contributed by atoms with Gasteiger partial charge in [-0.05, 0) is 117 Å². The smallest absolute Gasteiger partial charge is 0.412 e. The lowest BCUT2D eigenvalue weighted by Gasteiger charge is -2.48. The number of aromatic nitrogens is 1. The number of nitrogens with zero attached hydrogens (tertiary/aromatic N) is 2. The largest absolute Gasteiger partial charge is 0.506 e. The van der Waals surface area contributed by atoms with E-state index < -0.39 is 12.2 Å². The third-order valence-electron chi connectivity index (χ3n) is 10.8. The van der Waals surface area contributed by atoms with Crippen molar-refractivity contribution in [1.29, 1.82) is 0 Å². The summed E-state index contributed by atoms with van der Waals surface area (Å²) in [4.78, 5) is 31.3. The maximum Gasteiger partial charge on any atom is 0.412 e. The maximum atomic E-state index is 12.9. The molecule has 3 aliphatic rings. The van der Waals surface area contributed by atoms with Crippen molar-refractivity contribution in [2.24, 2.45) is 5.92 Å². The molecule has 3 aliphatic heterocycles. The molecule has 292 valence electrons. The highest BCUT2D eigenvalue weighted by molar-refractivity contribution is 5.94. The molecule has 3 fully saturated rings. The van der Waals surface area contributed by atoms with Crippen LogP contribution in [-0.4, -0.2) is 76.7 Å². The summed E-state index contributed by atoms with van der Waals surface area (Å²) < 4.78 is 6.05. The minimum atomic E-state index is -0.882. The number of piperidine rings is 3. The molecule has 8 rings (SSSR count). The molecule has 1 aromatic heterocycles. The first-order valence-corrected chi connectivity index (χ1v) is 18.7. The van der Waals surface area contributed by atoms with Gasteiger partial charge in [-0.25, -0.2) is 4.79 Å². The SMILES string of the molecule is F.F.O=C(O)N(c1cc(CCCCOc2ccc(CCNC[C@H](O)c3ccc(O)c4[nH]c(=O)ccc34)cc2)ccc1-c1ccccc1)C1CN2CCC1CC2. The standard InChI is InChI=1S/C43H48N4O6.2FH/c48-39-17-15-35(36-16-18-41(50)45-42(36)39)40(49)27-44-22-19-29-9-12-33(13-10-29)53-25-5-4-6-30-11-14-34(31-7-2-1-3-8-31)37(26-30)47(43(51)52)38-28-46-23-20-32(38)21-24-46;;/h1-3,7-18,26,32,38,40,44,48-49H,4-6,19-25,27-28H2,(H,45,50)(H,51,52);2*1H/t38?,40-;;/m0../s1. The Morgan fingerprint density at radius 1 is 0.909 bits per heavy atom. The zero-order valence-corrected chi connectivity index (χ0v) is 30.7. The van der Waals surface area contributed by atoms with Crippen molar-refractivity contribution in [1.82, 2.24) is 15.2 Å². The Morgan fingerprint density at radius 2 is 1.65 bits per heavy atom. The van der Waals surface area contributed by atoms with E-state index in [1.54, 1.807) is 17.0 Å². The number of amides is 1. The first kappa shape index (κ1) is 40.9. The van der Waals surface area contributed by atoms with Crippen LogP contribution in [0.5, 0.6) is 11.5 Å². The van der Waals surface area contributed by atoms with Gasteiger partial charge in [-0.1, -0.05) is 60.7 Å². The summed E-state index contributed by atoms with van der Waals surface area (Å²) in [6.07, 6.45) is 3.82. The molecular formula is C43H50F2N4O6. The molecule has 0 aliphatic carbocycles. The lowest BCUT2D eigenvalue weighted by molar-refractivity contribution is 0.0837. The number of aromatic hydroxyl groups is 1. The van der Waals surface area contributed by atoms with Crippen LogP contribution in [0, 0.1) is 5.92 Å². The van der Waals surface area contributed by atoms with Gasteiger partial charge in [-0.3, -0.25) is 19.1 Å². The van der Waals surface area contributed by atoms with Gasteiger partial charge in [0.25, 0.3) is 0 Å². The van der Waals surface area contributed by atoms with E-state index >= 15 is 0 Å². The van der Waals surface area contributed by atoms with Crippen LogP contribution in [-0.2, 0) is 12.8 Å². The molecule has 1 unspecified atom stereocenters. The van der Waals surface area contributed by atoms with Crippen LogP contribution in [0.1, 0.15) is 48.5 Å². The van der Waals surface area contributed by atoms with Crippen molar-refractivity contribution in [2.45, 2.75) is 50.7 Å². The lowest BCUT2D eigenvalue weighted by Crippen LogP contribution is -2.59. The van der Waals surface area contributed by atoms with E-state index in [0.717, 1.165) is 91.8 Å². The molecule has 1 amide bonds. The molecule has 0 radical (unpaired) electrons. The van der Waals surface area contributed by atoms with Crippen molar-refractivity contribution >= 4 is 22.7 Å². The normalized spacial score (nSPS) is 17.9. The lowest BCUT2D eigenvalue weighted by atomic mass is 9.82. The second kappa shape index (κ2) is 18.8. The zero-order chi connectivity index (χ0) is 36.7. The van der Waals surface area contributed by atoms with Crippen molar-refractivity contribution in [3.05, 3.63) is 124 Å². The first-order valence-electron chi connectivity index (χ1n) is 18.7. The van der Waals surface area contributed by atoms with Gasteiger partial charge in [0.2, 0.25) is 5.56 Å². The number of benzene rings is 4. The van der Waals surface area contributed by atoms with E-state index in [4.69, 9.17) is 4.74 Å². The number of phenolic OH excluding ortho intramolecular Hbond substituents is 1. The first-order chi connectivity index (χ1) is 25.8. The molecule has 4 aromatic carbocycles. The second-order valence-electron chi connectivity index (χ2n) is 14.3. The Morgan fingerprint density at radius 3 is 2.36 bits per heavy atom. The highest BCUT2D eigenvalue weighted by Gasteiger charge is 2.40. The van der Waals surface area contributed by atoms with Crippen molar-refractivity contribution < 1.29 is 34.3 Å². The number of aromatic amines is 1. The Balaban J connectivity index is 0.00000290. The van der Waals surface area contributed by atoms with Crippen molar-refractivity contribution in [2.75, 3.05) is 44.2 Å². The van der Waals surface area contributed by atoms with Gasteiger partial charge < -0.3 is 35.3 Å². The predicted molar refractivity (Wildman–Crippen MR) is 213 cm³/mol. The number of phenols is 1. The number of hydrogen-bond acceptors (Lipinski definition) is 7. The zero-order valence-electron chi connectivity index (χ0n) is 30.7. The molecule has 10 nitrogen and oxygen atoms in total. The molecule has 12 heteroatoms. The summed E-state index contributed by atoms with van der Waals surface area (Å²) in [5.74, 6) is 1.18. The van der Waals surface area contributed by atoms with Crippen LogP contribution in [0.25, 0.3) is 22.0 Å². The van der Waals surface area contributed by atoms with Gasteiger partial charge >= 0.3 is 6.09 Å². The molecule has 2 bridgehead atoms. The van der Waals surface area contributed by atoms with E-state index in [-0.39, 0.29) is 26.8 Å². The number of carbonyl (C=O) groups is 1. The van der Waals surface area contributed by atoms with Crippen LogP contribution in [0.15, 0.2) is 102 Å². The Kier molecular flexibility index (Phi) is 14.0. The maximum absolute atomic E-state index is 12.9. The highest BCUT2D eigenvalue weighted by atomic mass is 19.0. The number of nitrogens with one attached hydrogen (secondary N) is 2. The average Bonchev–Trinajstić information content (AvgIpc) is 3.18. The van der Waals surface area contributed by atoms with Crippen molar-refractivity contribution in [3.8, 4) is 22.6 Å². The van der Waals surface area contributed by atoms with E-state index in [1.807, 2.05) is 30.3 Å². The number of pyridine rings is 1. The molecule has 2 atom stereocenters. The van der Waals surface area contributed by atoms with E-state index in [0.29, 0.717) is 42.1 Å². The number of ether oxygens (including phenoxy) is 1. The summed E-state index contributed by atoms with van der Waals surface area (Å²) in [5, 5.41) is 35.4. The summed E-state index contributed by atoms with van der Waals surface area (Å²) in [6, 6.07) is 30.6. The average molecular weight is 757 g/mol.